The van der Waals surface area contributed by atoms with Gasteiger partial charge in [0.1, 0.15) is 0 Å². The van der Waals surface area contributed by atoms with E-state index in [-0.39, 0.29) is 24.8 Å². The number of ketones is 1. The van der Waals surface area contributed by atoms with Gasteiger partial charge in [0.2, 0.25) is 5.78 Å². The molecule has 0 bridgehead atoms. The van der Waals surface area contributed by atoms with E-state index in [4.69, 9.17) is 5.21 Å². The summed E-state index contributed by atoms with van der Waals surface area (Å²) in [7, 11) is 0. The molecule has 1 aliphatic heterocycles. The van der Waals surface area contributed by atoms with Crippen LogP contribution in [0.15, 0.2) is 24.3 Å². The predicted octanol–water partition coefficient (Wildman–Crippen LogP) is 1.70. The van der Waals surface area contributed by atoms with Crippen LogP contribution in [-0.2, 0) is 9.59 Å². The van der Waals surface area contributed by atoms with Gasteiger partial charge in [-0.05, 0) is 30.4 Å². The number of nitrogens with zero attached hydrogens (tertiary/aromatic N) is 1. The van der Waals surface area contributed by atoms with E-state index < -0.39 is 17.1 Å². The van der Waals surface area contributed by atoms with E-state index in [0.717, 1.165) is 19.3 Å². The van der Waals surface area contributed by atoms with Crippen molar-refractivity contribution in [2.75, 3.05) is 6.54 Å². The summed E-state index contributed by atoms with van der Waals surface area (Å²) >= 11 is 0. The molecule has 132 valence electrons. The average Bonchev–Trinajstić information content (AvgIpc) is 2.87. The molecule has 1 saturated carbocycles. The summed E-state index contributed by atoms with van der Waals surface area (Å²) in [6, 6.07) is 6.65. The first-order valence-electron chi connectivity index (χ1n) is 8.40. The normalized spacial score (nSPS) is 18.8. The third kappa shape index (κ3) is 3.19. The molecule has 1 fully saturated rings. The molecule has 1 aromatic carbocycles. The summed E-state index contributed by atoms with van der Waals surface area (Å²) < 4.78 is 0. The highest BCUT2D eigenvalue weighted by Gasteiger charge is 2.43. The summed E-state index contributed by atoms with van der Waals surface area (Å²) in [5.74, 6) is -2.51. The number of benzene rings is 1. The van der Waals surface area contributed by atoms with Crippen molar-refractivity contribution in [1.82, 2.24) is 10.4 Å². The van der Waals surface area contributed by atoms with Crippen molar-refractivity contribution in [1.29, 1.82) is 0 Å². The monoisotopic (exact) mass is 344 g/mol. The molecule has 2 aliphatic rings. The lowest BCUT2D eigenvalue weighted by atomic mass is 9.70. The molecular formula is C18H20N2O5. The molecule has 1 aromatic rings. The average molecular weight is 344 g/mol. The van der Waals surface area contributed by atoms with Crippen molar-refractivity contribution in [3.05, 3.63) is 35.4 Å². The Morgan fingerprint density at radius 1 is 1.04 bits per heavy atom. The van der Waals surface area contributed by atoms with Crippen LogP contribution in [0.1, 0.15) is 59.2 Å². The smallest absolute Gasteiger partial charge is 0.289 e. The molecule has 0 aromatic heterocycles. The maximum atomic E-state index is 12.6. The Hall–Kier alpha value is -2.54. The molecule has 0 saturated heterocycles. The third-order valence-electron chi connectivity index (χ3n) is 5.18. The number of amides is 3. The van der Waals surface area contributed by atoms with E-state index in [0.29, 0.717) is 24.0 Å². The maximum absolute atomic E-state index is 12.6. The highest BCUT2D eigenvalue weighted by atomic mass is 16.5. The van der Waals surface area contributed by atoms with Crippen molar-refractivity contribution in [2.24, 2.45) is 5.41 Å². The number of carbonyl (C=O) groups excluding carboxylic acids is 4. The molecule has 0 atom stereocenters. The zero-order valence-electron chi connectivity index (χ0n) is 13.8. The van der Waals surface area contributed by atoms with Gasteiger partial charge in [0, 0.05) is 13.0 Å². The summed E-state index contributed by atoms with van der Waals surface area (Å²) in [6.45, 7) is 0.115. The van der Waals surface area contributed by atoms with Crippen molar-refractivity contribution in [3.63, 3.8) is 0 Å². The molecule has 0 radical (unpaired) electrons. The minimum Gasteiger partial charge on any atom is -0.289 e. The molecule has 1 aliphatic carbocycles. The second kappa shape index (κ2) is 6.76. The minimum atomic E-state index is -1.06. The van der Waals surface area contributed by atoms with Crippen LogP contribution in [0, 0.1) is 5.41 Å². The fourth-order valence-electron chi connectivity index (χ4n) is 3.89. The summed E-state index contributed by atoms with van der Waals surface area (Å²) in [5, 5.41) is 8.67. The minimum absolute atomic E-state index is 0.0905. The number of rotatable bonds is 5. The van der Waals surface area contributed by atoms with Gasteiger partial charge in [-0.25, -0.2) is 5.48 Å². The van der Waals surface area contributed by atoms with Crippen LogP contribution >= 0.6 is 0 Å². The molecule has 25 heavy (non-hydrogen) atoms. The van der Waals surface area contributed by atoms with Gasteiger partial charge in [0.05, 0.1) is 11.1 Å². The molecule has 7 nitrogen and oxygen atoms in total. The number of nitrogens with one attached hydrogen (secondary N) is 1. The molecule has 3 amide bonds. The molecule has 7 heteroatoms. The largest absolute Gasteiger partial charge is 0.310 e. The van der Waals surface area contributed by atoms with Gasteiger partial charge in [0.15, 0.2) is 0 Å². The quantitative estimate of drug-likeness (QED) is 0.366. The number of hydrogen-bond donors (Lipinski definition) is 2. The fourth-order valence-corrected chi connectivity index (χ4v) is 3.89. The van der Waals surface area contributed by atoms with Crippen molar-refractivity contribution < 1.29 is 24.4 Å². The summed E-state index contributed by atoms with van der Waals surface area (Å²) in [5.41, 5.74) is 1.49. The Bertz CT molecular complexity index is 702. The Morgan fingerprint density at radius 3 is 2.12 bits per heavy atom. The van der Waals surface area contributed by atoms with E-state index in [9.17, 15) is 19.2 Å². The summed E-state index contributed by atoms with van der Waals surface area (Å²) in [6.07, 6.45) is 3.99. The second-order valence-electron chi connectivity index (χ2n) is 6.84. The SMILES string of the molecule is O=C(CC1(CN2C(=O)c3ccccc3C2=O)CCCCC1)C(=O)NO. The lowest BCUT2D eigenvalue weighted by molar-refractivity contribution is -0.144. The fraction of sp³-hybridized carbons (Fsp3) is 0.444. The third-order valence-corrected chi connectivity index (χ3v) is 5.18. The molecule has 0 spiro atoms. The zero-order chi connectivity index (χ0) is 18.0. The van der Waals surface area contributed by atoms with E-state index in [1.54, 1.807) is 24.3 Å². The number of carbonyl (C=O) groups is 4. The van der Waals surface area contributed by atoms with Gasteiger partial charge in [-0.1, -0.05) is 31.4 Å². The highest BCUT2D eigenvalue weighted by molar-refractivity contribution is 6.36. The molecule has 3 rings (SSSR count). The van der Waals surface area contributed by atoms with E-state index in [1.807, 2.05) is 0 Å². The first kappa shape index (κ1) is 17.3. The highest BCUT2D eigenvalue weighted by Crippen LogP contribution is 2.41. The van der Waals surface area contributed by atoms with Crippen LogP contribution in [0.25, 0.3) is 0 Å². The van der Waals surface area contributed by atoms with Gasteiger partial charge in [-0.2, -0.15) is 0 Å². The lowest BCUT2D eigenvalue weighted by Crippen LogP contribution is -2.44. The first-order chi connectivity index (χ1) is 12.0. The van der Waals surface area contributed by atoms with Crippen LogP contribution in [0.2, 0.25) is 0 Å². The topological polar surface area (TPSA) is 104 Å². The number of fused-ring (bicyclic) bond motifs is 1. The Labute approximate surface area is 145 Å². The Balaban J connectivity index is 1.84. The van der Waals surface area contributed by atoms with Crippen LogP contribution in [0.4, 0.5) is 0 Å². The van der Waals surface area contributed by atoms with Crippen LogP contribution < -0.4 is 5.48 Å². The summed E-state index contributed by atoms with van der Waals surface area (Å²) in [4.78, 5) is 49.9. The number of hydroxylamine groups is 1. The van der Waals surface area contributed by atoms with Gasteiger partial charge >= 0.3 is 5.91 Å². The van der Waals surface area contributed by atoms with E-state index in [1.165, 1.54) is 10.4 Å². The standard InChI is InChI=1S/C18H20N2O5/c21-14(15(22)19-25)10-18(8-4-1-5-9-18)11-20-16(23)12-6-2-3-7-13(12)17(20)24/h2-3,6-7,25H,1,4-5,8-11H2,(H,19,22). The van der Waals surface area contributed by atoms with Crippen LogP contribution in [0.3, 0.4) is 0 Å². The van der Waals surface area contributed by atoms with Gasteiger partial charge in [0.25, 0.3) is 11.8 Å². The zero-order valence-corrected chi connectivity index (χ0v) is 13.8. The van der Waals surface area contributed by atoms with Crippen molar-refractivity contribution in [3.8, 4) is 0 Å². The van der Waals surface area contributed by atoms with Crippen LogP contribution in [-0.4, -0.2) is 40.2 Å². The molecule has 1 heterocycles. The van der Waals surface area contributed by atoms with Crippen molar-refractivity contribution >= 4 is 23.5 Å². The number of Topliss-reactive ketones (excluding diaryl/α,β-unsaturated/α-hetero) is 1. The lowest BCUT2D eigenvalue weighted by Gasteiger charge is -2.39. The Morgan fingerprint density at radius 2 is 1.60 bits per heavy atom. The van der Waals surface area contributed by atoms with Crippen LogP contribution in [0.5, 0.6) is 0 Å². The molecular weight excluding hydrogens is 324 g/mol. The second-order valence-corrected chi connectivity index (χ2v) is 6.84. The maximum Gasteiger partial charge on any atom is 0.310 e. The number of imide groups is 1. The van der Waals surface area contributed by atoms with E-state index >= 15 is 0 Å². The first-order valence-corrected chi connectivity index (χ1v) is 8.40. The molecule has 2 N–H and O–H groups in total. The number of hydrogen-bond acceptors (Lipinski definition) is 5. The Kier molecular flexibility index (Phi) is 4.67. The predicted molar refractivity (Wildman–Crippen MR) is 86.9 cm³/mol. The molecule has 0 unspecified atom stereocenters. The van der Waals surface area contributed by atoms with Gasteiger partial charge in [-0.15, -0.1) is 0 Å². The van der Waals surface area contributed by atoms with Gasteiger partial charge in [-0.3, -0.25) is 29.3 Å². The van der Waals surface area contributed by atoms with E-state index in [2.05, 4.69) is 0 Å². The van der Waals surface area contributed by atoms with Crippen molar-refractivity contribution in [2.45, 2.75) is 38.5 Å². The van der Waals surface area contributed by atoms with Gasteiger partial charge < -0.3 is 0 Å².